The fourth-order valence-electron chi connectivity index (χ4n) is 3.33. The van der Waals surface area contributed by atoms with Gasteiger partial charge in [-0.1, -0.05) is 36.5 Å². The van der Waals surface area contributed by atoms with Crippen LogP contribution in [0.1, 0.15) is 34.2 Å². The van der Waals surface area contributed by atoms with Gasteiger partial charge in [-0.3, -0.25) is 9.69 Å². The molecule has 0 unspecified atom stereocenters. The monoisotopic (exact) mass is 454 g/mol. The molecule has 2 aromatic heterocycles. The number of hydrogen-bond acceptors (Lipinski definition) is 6. The number of thiazole rings is 1. The number of anilines is 1. The third-order valence-electron chi connectivity index (χ3n) is 5.28. The first-order chi connectivity index (χ1) is 14.8. The zero-order valence-electron chi connectivity index (χ0n) is 17.5. The fourth-order valence-corrected chi connectivity index (χ4v) is 5.44. The van der Waals surface area contributed by atoms with Gasteiger partial charge in [-0.05, 0) is 55.3 Å². The molecule has 2 heterocycles. The number of amides is 1. The quantitative estimate of drug-likeness (QED) is 0.403. The Morgan fingerprint density at radius 2 is 1.87 bits per heavy atom. The minimum absolute atomic E-state index is 0.0279. The lowest BCUT2D eigenvalue weighted by Gasteiger charge is -2.20. The lowest BCUT2D eigenvalue weighted by molar-refractivity contribution is 0.0980. The van der Waals surface area contributed by atoms with E-state index in [0.717, 1.165) is 21.3 Å². The summed E-state index contributed by atoms with van der Waals surface area (Å²) in [7, 11) is -3.58. The van der Waals surface area contributed by atoms with E-state index < -0.39 is 15.7 Å². The van der Waals surface area contributed by atoms with Crippen molar-refractivity contribution in [2.75, 3.05) is 10.7 Å². The number of aryl methyl sites for hydroxylation is 2. The van der Waals surface area contributed by atoms with E-state index in [1.807, 2.05) is 26.0 Å². The normalized spacial score (nSPS) is 11.7. The highest BCUT2D eigenvalue weighted by Gasteiger charge is 2.28. The van der Waals surface area contributed by atoms with Crippen LogP contribution in [0.3, 0.4) is 0 Å². The van der Waals surface area contributed by atoms with E-state index in [9.17, 15) is 13.2 Å². The Labute approximate surface area is 185 Å². The molecule has 0 bridgehead atoms. The number of nitrogens with zero attached hydrogens (tertiary/aromatic N) is 2. The van der Waals surface area contributed by atoms with Crippen molar-refractivity contribution in [3.05, 3.63) is 77.2 Å². The van der Waals surface area contributed by atoms with Gasteiger partial charge in [0.25, 0.3) is 5.91 Å². The lowest BCUT2D eigenvalue weighted by atomic mass is 10.1. The highest BCUT2D eigenvalue weighted by atomic mass is 32.2. The maximum atomic E-state index is 13.7. The summed E-state index contributed by atoms with van der Waals surface area (Å²) < 4.78 is 31.7. The first kappa shape index (κ1) is 21.3. The van der Waals surface area contributed by atoms with Gasteiger partial charge < -0.3 is 4.42 Å². The number of rotatable bonds is 6. The molecule has 31 heavy (non-hydrogen) atoms. The number of benzene rings is 2. The van der Waals surface area contributed by atoms with E-state index in [-0.39, 0.29) is 22.8 Å². The summed E-state index contributed by atoms with van der Waals surface area (Å²) in [5.74, 6) is 0.0588. The summed E-state index contributed by atoms with van der Waals surface area (Å²) in [6.07, 6.45) is 1.54. The van der Waals surface area contributed by atoms with Gasteiger partial charge in [0, 0.05) is 0 Å². The van der Waals surface area contributed by atoms with Crippen LogP contribution in [0.2, 0.25) is 0 Å². The van der Waals surface area contributed by atoms with Gasteiger partial charge in [-0.25, -0.2) is 13.4 Å². The topological polar surface area (TPSA) is 80.5 Å². The van der Waals surface area contributed by atoms with Crippen molar-refractivity contribution in [2.24, 2.45) is 0 Å². The molecule has 0 radical (unpaired) electrons. The molecule has 6 nitrogen and oxygen atoms in total. The minimum Gasteiger partial charge on any atom is -0.467 e. The zero-order valence-corrected chi connectivity index (χ0v) is 19.1. The minimum atomic E-state index is -3.58. The summed E-state index contributed by atoms with van der Waals surface area (Å²) in [6.45, 7) is 5.73. The van der Waals surface area contributed by atoms with E-state index in [0.29, 0.717) is 10.9 Å². The number of carbonyl (C=O) groups is 1. The number of sulfone groups is 1. The zero-order chi connectivity index (χ0) is 22.2. The SMILES string of the molecule is CCS(=O)(=O)c1ccccc1C(=O)N(Cc1ccco1)c1nc2c(C)c(C)ccc2s1. The van der Waals surface area contributed by atoms with Crippen LogP contribution in [0.25, 0.3) is 10.2 Å². The van der Waals surface area contributed by atoms with Gasteiger partial charge in [-0.15, -0.1) is 0 Å². The number of hydrogen-bond donors (Lipinski definition) is 0. The molecule has 4 aromatic rings. The first-order valence-corrected chi connectivity index (χ1v) is 12.3. The standard InChI is InChI=1S/C23H22N2O4S2/c1-4-31(27,28)20-10-6-5-9-18(20)22(26)25(14-17-8-7-13-29-17)23-24-21-16(3)15(2)11-12-19(21)30-23/h5-13H,4,14H2,1-3H3. The number of furan rings is 1. The average molecular weight is 455 g/mol. The molecule has 0 spiro atoms. The van der Waals surface area contributed by atoms with E-state index in [2.05, 4.69) is 0 Å². The number of carbonyl (C=O) groups excluding carboxylic acids is 1. The number of aromatic nitrogens is 1. The molecule has 0 saturated heterocycles. The van der Waals surface area contributed by atoms with Gasteiger partial charge in [0.1, 0.15) is 5.76 Å². The molecular weight excluding hydrogens is 432 g/mol. The van der Waals surface area contributed by atoms with E-state index in [4.69, 9.17) is 9.40 Å². The van der Waals surface area contributed by atoms with Gasteiger partial charge in [-0.2, -0.15) is 0 Å². The van der Waals surface area contributed by atoms with Crippen LogP contribution in [-0.4, -0.2) is 25.1 Å². The third kappa shape index (κ3) is 4.00. The Bertz CT molecular complexity index is 1360. The summed E-state index contributed by atoms with van der Waals surface area (Å²) in [4.78, 5) is 19.9. The van der Waals surface area contributed by atoms with Crippen molar-refractivity contribution in [1.29, 1.82) is 0 Å². The molecule has 8 heteroatoms. The Morgan fingerprint density at radius 3 is 2.58 bits per heavy atom. The molecule has 0 saturated carbocycles. The van der Waals surface area contributed by atoms with Crippen LogP contribution in [-0.2, 0) is 16.4 Å². The molecule has 2 aromatic carbocycles. The second kappa shape index (κ2) is 8.28. The summed E-state index contributed by atoms with van der Waals surface area (Å²) >= 11 is 1.40. The van der Waals surface area contributed by atoms with Crippen LogP contribution >= 0.6 is 11.3 Å². The predicted octanol–water partition coefficient (Wildman–Crippen LogP) is 5.15. The second-order valence-corrected chi connectivity index (χ2v) is 10.5. The summed E-state index contributed by atoms with van der Waals surface area (Å²) in [6, 6.07) is 13.9. The summed E-state index contributed by atoms with van der Waals surface area (Å²) in [5.41, 5.74) is 3.14. The second-order valence-electron chi connectivity index (χ2n) is 7.22. The van der Waals surface area contributed by atoms with Crippen LogP contribution < -0.4 is 4.90 Å². The molecule has 1 amide bonds. The molecule has 0 aliphatic carbocycles. The van der Waals surface area contributed by atoms with Crippen LogP contribution in [0.4, 0.5) is 5.13 Å². The molecular formula is C23H22N2O4S2. The van der Waals surface area contributed by atoms with Crippen molar-refractivity contribution >= 4 is 42.4 Å². The highest BCUT2D eigenvalue weighted by Crippen LogP contribution is 2.34. The molecule has 0 N–H and O–H groups in total. The van der Waals surface area contributed by atoms with Crippen LogP contribution in [0.5, 0.6) is 0 Å². The van der Waals surface area contributed by atoms with Crippen molar-refractivity contribution < 1.29 is 17.6 Å². The highest BCUT2D eigenvalue weighted by molar-refractivity contribution is 7.91. The van der Waals surface area contributed by atoms with Crippen molar-refractivity contribution in [2.45, 2.75) is 32.2 Å². The largest absolute Gasteiger partial charge is 0.467 e. The van der Waals surface area contributed by atoms with E-state index in [1.54, 1.807) is 43.5 Å². The smallest absolute Gasteiger partial charge is 0.261 e. The Kier molecular flexibility index (Phi) is 5.68. The average Bonchev–Trinajstić information content (AvgIpc) is 3.44. The van der Waals surface area contributed by atoms with Crippen LogP contribution in [0, 0.1) is 13.8 Å². The Balaban J connectivity index is 1.86. The molecule has 4 rings (SSSR count). The lowest BCUT2D eigenvalue weighted by Crippen LogP contribution is -2.31. The van der Waals surface area contributed by atoms with E-state index >= 15 is 0 Å². The molecule has 160 valence electrons. The third-order valence-corrected chi connectivity index (χ3v) is 8.11. The Morgan fingerprint density at radius 1 is 1.10 bits per heavy atom. The maximum absolute atomic E-state index is 13.7. The molecule has 0 aliphatic heterocycles. The number of fused-ring (bicyclic) bond motifs is 1. The first-order valence-electron chi connectivity index (χ1n) is 9.84. The van der Waals surface area contributed by atoms with Gasteiger partial charge in [0.2, 0.25) is 0 Å². The molecule has 0 fully saturated rings. The maximum Gasteiger partial charge on any atom is 0.261 e. The van der Waals surface area contributed by atoms with E-state index in [1.165, 1.54) is 22.3 Å². The molecule has 0 atom stereocenters. The van der Waals surface area contributed by atoms with Crippen molar-refractivity contribution in [3.63, 3.8) is 0 Å². The van der Waals surface area contributed by atoms with Gasteiger partial charge >= 0.3 is 0 Å². The van der Waals surface area contributed by atoms with Gasteiger partial charge in [0.15, 0.2) is 15.0 Å². The van der Waals surface area contributed by atoms with Crippen molar-refractivity contribution in [1.82, 2.24) is 4.98 Å². The summed E-state index contributed by atoms with van der Waals surface area (Å²) in [5, 5.41) is 0.494. The van der Waals surface area contributed by atoms with Crippen LogP contribution in [0.15, 0.2) is 64.1 Å². The van der Waals surface area contributed by atoms with Gasteiger partial charge in [0.05, 0.1) is 39.2 Å². The van der Waals surface area contributed by atoms with Crippen molar-refractivity contribution in [3.8, 4) is 0 Å². The predicted molar refractivity (Wildman–Crippen MR) is 122 cm³/mol. The molecule has 0 aliphatic rings. The fraction of sp³-hybridized carbons (Fsp3) is 0.217. The Hall–Kier alpha value is -2.97.